The number of anilines is 3. The van der Waals surface area contributed by atoms with Gasteiger partial charge >= 0.3 is 0 Å². The zero-order valence-electron chi connectivity index (χ0n) is 45.0. The van der Waals surface area contributed by atoms with Gasteiger partial charge in [0.05, 0.1) is 49.9 Å². The zero-order valence-corrected chi connectivity index (χ0v) is 49.7. The van der Waals surface area contributed by atoms with E-state index in [2.05, 4.69) is 30.1 Å². The lowest BCUT2D eigenvalue weighted by Crippen LogP contribution is -2.55. The number of amides is 3. The van der Waals surface area contributed by atoms with Gasteiger partial charge in [-0.1, -0.05) is 75.3 Å². The highest BCUT2D eigenvalue weighted by molar-refractivity contribution is 7.87. The molecular formula is C57H57Cl3F6N12O9S3. The number of halogens is 9. The molecule has 3 aliphatic rings. The van der Waals surface area contributed by atoms with Crippen LogP contribution in [-0.4, -0.2) is 95.2 Å². The molecule has 3 fully saturated rings. The lowest BCUT2D eigenvalue weighted by molar-refractivity contribution is -0.120. The minimum absolute atomic E-state index is 0. The van der Waals surface area contributed by atoms with Crippen LogP contribution < -0.4 is 30.1 Å². The molecule has 6 aromatic rings. The molecule has 0 spiro atoms. The van der Waals surface area contributed by atoms with Gasteiger partial charge in [-0.3, -0.25) is 14.4 Å². The van der Waals surface area contributed by atoms with Gasteiger partial charge in [0.1, 0.15) is 71.2 Å². The molecule has 0 aliphatic carbocycles. The third-order valence-corrected chi connectivity index (χ3v) is 19.4. The van der Waals surface area contributed by atoms with Crippen molar-refractivity contribution in [3.8, 4) is 18.2 Å². The fraction of sp³-hybridized carbons (Fsp3) is 0.263. The number of carbonyl (C=O) groups excluding carboxylic acids is 3. The molecule has 3 amide bonds. The molecular weight excluding hydrogens is 1310 g/mol. The molecule has 9 rings (SSSR count). The van der Waals surface area contributed by atoms with Gasteiger partial charge in [0.25, 0.3) is 30.6 Å². The highest BCUT2D eigenvalue weighted by Crippen LogP contribution is 2.34. The van der Waals surface area contributed by atoms with E-state index < -0.39 is 120 Å². The third kappa shape index (κ3) is 17.6. The first kappa shape index (κ1) is 74.7. The number of benzene rings is 6. The Morgan fingerprint density at radius 1 is 0.422 bits per heavy atom. The van der Waals surface area contributed by atoms with Crippen LogP contribution >= 0.6 is 34.8 Å². The lowest BCUT2D eigenvalue weighted by Gasteiger charge is -2.36. The summed E-state index contributed by atoms with van der Waals surface area (Å²) < 4.78 is 166. The summed E-state index contributed by atoms with van der Waals surface area (Å²) >= 11 is 17.1. The number of carbonyl (C=O) groups is 3. The van der Waals surface area contributed by atoms with Crippen LogP contribution in [0.15, 0.2) is 109 Å². The van der Waals surface area contributed by atoms with Crippen LogP contribution in [0.5, 0.6) is 0 Å². The predicted octanol–water partition coefficient (Wildman–Crippen LogP) is 10.0. The number of nitriles is 3. The minimum Gasteiger partial charge on any atom is -0.325 e. The van der Waals surface area contributed by atoms with Crippen molar-refractivity contribution in [3.05, 3.63) is 193 Å². The summed E-state index contributed by atoms with van der Waals surface area (Å²) in [7, 11) is -8.41. The Morgan fingerprint density at radius 2 is 0.656 bits per heavy atom. The molecule has 21 nitrogen and oxygen atoms in total. The number of likely N-dealkylation sites (N-methyl/N-ethyl adjacent to an activating group) is 3. The minimum atomic E-state index is -4.04. The van der Waals surface area contributed by atoms with Crippen LogP contribution in [0.1, 0.15) is 93.0 Å². The van der Waals surface area contributed by atoms with E-state index in [1.165, 1.54) is 93.9 Å². The van der Waals surface area contributed by atoms with E-state index in [1.807, 2.05) is 0 Å². The van der Waals surface area contributed by atoms with Crippen molar-refractivity contribution in [2.75, 3.05) is 37.1 Å². The van der Waals surface area contributed by atoms with Crippen molar-refractivity contribution in [3.63, 3.8) is 0 Å². The number of nitrogens with one attached hydrogen (secondary N) is 6. The van der Waals surface area contributed by atoms with Crippen molar-refractivity contribution in [2.24, 2.45) is 0 Å². The van der Waals surface area contributed by atoms with E-state index in [1.54, 1.807) is 18.2 Å². The van der Waals surface area contributed by atoms with Gasteiger partial charge < -0.3 is 16.0 Å². The molecule has 3 heterocycles. The van der Waals surface area contributed by atoms with Crippen LogP contribution in [-0.2, 0) is 45.0 Å². The quantitative estimate of drug-likeness (QED) is 0.0737. The molecule has 3 saturated heterocycles. The van der Waals surface area contributed by atoms with Crippen molar-refractivity contribution < 1.29 is 66.0 Å². The Kier molecular flexibility index (Phi) is 25.6. The summed E-state index contributed by atoms with van der Waals surface area (Å²) in [5, 5.41) is 33.4. The first-order chi connectivity index (χ1) is 40.9. The molecule has 90 heavy (non-hydrogen) atoms. The van der Waals surface area contributed by atoms with E-state index in [0.717, 1.165) is 49.3 Å². The Hall–Kier alpha value is -7.74. The summed E-state index contributed by atoms with van der Waals surface area (Å²) in [6.07, 6.45) is 0.00545. The Labute approximate surface area is 531 Å². The fourth-order valence-electron chi connectivity index (χ4n) is 8.89. The molecule has 0 saturated carbocycles. The van der Waals surface area contributed by atoms with Crippen LogP contribution in [0.3, 0.4) is 0 Å². The van der Waals surface area contributed by atoms with Crippen LogP contribution in [0, 0.1) is 68.9 Å². The van der Waals surface area contributed by atoms with E-state index in [9.17, 15) is 66.0 Å². The molecule has 33 heteroatoms. The molecule has 6 aromatic carbocycles. The molecule has 6 N–H and O–H groups in total. The smallest absolute Gasteiger partial charge is 0.280 e. The van der Waals surface area contributed by atoms with Gasteiger partial charge in [0, 0.05) is 38.2 Å². The Bertz CT molecular complexity index is 3780. The monoisotopic (exact) mass is 1370 g/mol. The maximum Gasteiger partial charge on any atom is 0.280 e. The Morgan fingerprint density at radius 3 is 0.856 bits per heavy atom. The summed E-state index contributed by atoms with van der Waals surface area (Å²) in [6.45, 7) is 0. The van der Waals surface area contributed by atoms with Crippen molar-refractivity contribution in [1.82, 2.24) is 27.1 Å². The van der Waals surface area contributed by atoms with Crippen LogP contribution in [0.25, 0.3) is 0 Å². The molecule has 0 bridgehead atoms. The first-order valence-electron chi connectivity index (χ1n) is 25.0. The highest BCUT2D eigenvalue weighted by atomic mass is 35.5. The second kappa shape index (κ2) is 30.8. The summed E-state index contributed by atoms with van der Waals surface area (Å²) in [6, 6.07) is 21.0. The lowest BCUT2D eigenvalue weighted by atomic mass is 9.98. The molecule has 0 aromatic heterocycles. The average Bonchev–Trinajstić information content (AvgIpc) is 0.953. The first-order valence-corrected chi connectivity index (χ1v) is 30.4. The van der Waals surface area contributed by atoms with Gasteiger partial charge in [0.15, 0.2) is 0 Å². The normalized spacial score (nSPS) is 20.6. The van der Waals surface area contributed by atoms with Gasteiger partial charge in [-0.05, 0) is 127 Å². The van der Waals surface area contributed by atoms with E-state index in [4.69, 9.17) is 50.6 Å². The molecule has 2 unspecified atom stereocenters. The number of nitrogens with zero attached hydrogens (tertiary/aromatic N) is 6. The van der Waals surface area contributed by atoms with Gasteiger partial charge in [-0.2, -0.15) is 68.1 Å². The molecule has 0 radical (unpaired) electrons. The Balaban J connectivity index is 0.000000284. The van der Waals surface area contributed by atoms with Gasteiger partial charge in [-0.25, -0.2) is 26.3 Å². The zero-order chi connectivity index (χ0) is 64.0. The number of hydrogen-bond donors (Lipinski definition) is 6. The van der Waals surface area contributed by atoms with Gasteiger partial charge in [0.2, 0.25) is 17.7 Å². The second-order valence-electron chi connectivity index (χ2n) is 19.2. The summed E-state index contributed by atoms with van der Waals surface area (Å²) in [5.74, 6) is -6.30. The number of hydrogen-bond acceptors (Lipinski definition) is 12. The highest BCUT2D eigenvalue weighted by Gasteiger charge is 2.44. The maximum absolute atomic E-state index is 14.0. The molecule has 6 atom stereocenters. The third-order valence-electron chi connectivity index (χ3n) is 13.7. The summed E-state index contributed by atoms with van der Waals surface area (Å²) in [5.41, 5.74) is 0.915. The topological polar surface area (TPSA) is 307 Å². The largest absolute Gasteiger partial charge is 0.325 e. The molecule has 480 valence electrons. The van der Waals surface area contributed by atoms with Crippen LogP contribution in [0.4, 0.5) is 43.4 Å². The summed E-state index contributed by atoms with van der Waals surface area (Å²) in [4.78, 5) is 38.1. The standard InChI is InChI=1S/3C18H15ClF2N4O3S.3CH4/c3*1-25-17(18(26)23-12-4-5-14(20)13(19)7-12)8-16(24-29(25,27)28)10-2-3-11(9-22)15(21)6-10;;;/h3*2-7,16-17,24H,8H2,1H3,(H,23,26);3*1H4/t2*16-,17+;;;;/m10..../s1. The fourth-order valence-corrected chi connectivity index (χ4v) is 13.3. The van der Waals surface area contributed by atoms with Crippen molar-refractivity contribution in [2.45, 2.75) is 77.8 Å². The van der Waals surface area contributed by atoms with E-state index >= 15 is 0 Å². The van der Waals surface area contributed by atoms with E-state index in [0.29, 0.717) is 0 Å². The van der Waals surface area contributed by atoms with Crippen LogP contribution in [0.2, 0.25) is 15.1 Å². The SMILES string of the molecule is C.C.C.CN1C(C(=O)Nc2ccc(F)c(Cl)c2)CC(c2ccc(C#N)c(F)c2)NS1(=O)=O.CN1[C@@H](C(=O)Nc2ccc(F)c(Cl)c2)C[C@@H](c2ccc(C#N)c(F)c2)NS1(=O)=O.CN1[C@H](C(=O)Nc2ccc(F)c(Cl)c2)C[C@H](c2ccc(C#N)c(F)c2)NS1(=O)=O. The maximum atomic E-state index is 14.0. The average molecular weight is 1370 g/mol. The predicted molar refractivity (Wildman–Crippen MR) is 327 cm³/mol. The number of rotatable bonds is 9. The van der Waals surface area contributed by atoms with E-state index in [-0.39, 0.29) is 107 Å². The molecule has 3 aliphatic heterocycles. The van der Waals surface area contributed by atoms with Crippen molar-refractivity contribution >= 4 is 100 Å². The second-order valence-corrected chi connectivity index (χ2v) is 25.7. The van der Waals surface area contributed by atoms with Crippen molar-refractivity contribution in [1.29, 1.82) is 15.8 Å². The van der Waals surface area contributed by atoms with Gasteiger partial charge in [-0.15, -0.1) is 0 Å².